The molecule has 0 heterocycles. The van der Waals surface area contributed by atoms with Gasteiger partial charge in [-0.15, -0.1) is 0 Å². The van der Waals surface area contributed by atoms with Crippen molar-refractivity contribution in [3.05, 3.63) is 58.7 Å². The van der Waals surface area contributed by atoms with E-state index in [1.807, 2.05) is 64.1 Å². The summed E-state index contributed by atoms with van der Waals surface area (Å²) in [5.41, 5.74) is 9.00. The van der Waals surface area contributed by atoms with Crippen LogP contribution in [0.4, 0.5) is 0 Å². The Morgan fingerprint density at radius 3 is 2.19 bits per heavy atom. The van der Waals surface area contributed by atoms with Gasteiger partial charge in [-0.05, 0) is 81.1 Å². The van der Waals surface area contributed by atoms with E-state index in [0.29, 0.717) is 11.5 Å². The number of rotatable bonds is 6. The van der Waals surface area contributed by atoms with Crippen molar-refractivity contribution in [1.29, 1.82) is 0 Å². The summed E-state index contributed by atoms with van der Waals surface area (Å²) in [6.45, 7) is 9.31. The summed E-state index contributed by atoms with van der Waals surface area (Å²) in [7, 11) is 0. The number of aryl methyl sites for hydroxylation is 4. The van der Waals surface area contributed by atoms with Crippen molar-refractivity contribution in [3.8, 4) is 11.5 Å². The van der Waals surface area contributed by atoms with Gasteiger partial charge in [-0.2, -0.15) is 0 Å². The zero-order valence-electron chi connectivity index (χ0n) is 16.4. The highest BCUT2D eigenvalue weighted by atomic mass is 16.5. The number of carbonyl (C=O) groups excluding carboxylic acids is 2. The summed E-state index contributed by atoms with van der Waals surface area (Å²) >= 11 is 0. The minimum atomic E-state index is -0.757. The molecule has 0 saturated heterocycles. The standard InChI is InChI=1S/C21H26N2O4/c1-13-8-14(2)10-19(9-13)26-12-20(24)22-23-21(25)17(5)27-18-7-6-15(3)16(4)11-18/h6-11,17H,12H2,1-5H3,(H,22,24)(H,23,25). The van der Waals surface area contributed by atoms with Crippen LogP contribution in [0.5, 0.6) is 11.5 Å². The number of hydrogen-bond donors (Lipinski definition) is 2. The first-order valence-corrected chi connectivity index (χ1v) is 8.78. The molecule has 0 aliphatic carbocycles. The second-order valence-corrected chi connectivity index (χ2v) is 6.66. The first-order chi connectivity index (χ1) is 12.7. The van der Waals surface area contributed by atoms with E-state index >= 15 is 0 Å². The third-order valence-corrected chi connectivity index (χ3v) is 4.05. The van der Waals surface area contributed by atoms with Crippen LogP contribution < -0.4 is 20.3 Å². The largest absolute Gasteiger partial charge is 0.484 e. The normalized spacial score (nSPS) is 11.4. The summed E-state index contributed by atoms with van der Waals surface area (Å²) in [5.74, 6) is 0.305. The molecule has 2 aromatic carbocycles. The lowest BCUT2D eigenvalue weighted by Gasteiger charge is -2.16. The van der Waals surface area contributed by atoms with Crippen LogP contribution in [-0.4, -0.2) is 24.5 Å². The number of hydrogen-bond acceptors (Lipinski definition) is 4. The van der Waals surface area contributed by atoms with Crippen LogP contribution in [0.1, 0.15) is 29.2 Å². The smallest absolute Gasteiger partial charge is 0.279 e. The average molecular weight is 370 g/mol. The van der Waals surface area contributed by atoms with Gasteiger partial charge in [0.25, 0.3) is 11.8 Å². The van der Waals surface area contributed by atoms with Crippen LogP contribution in [0.2, 0.25) is 0 Å². The Kier molecular flexibility index (Phi) is 6.82. The molecule has 1 atom stereocenters. The summed E-state index contributed by atoms with van der Waals surface area (Å²) in [5, 5.41) is 0. The molecule has 2 rings (SSSR count). The maximum absolute atomic E-state index is 12.1. The lowest BCUT2D eigenvalue weighted by Crippen LogP contribution is -2.48. The maximum Gasteiger partial charge on any atom is 0.279 e. The average Bonchev–Trinajstić information content (AvgIpc) is 2.60. The zero-order chi connectivity index (χ0) is 20.0. The monoisotopic (exact) mass is 370 g/mol. The summed E-state index contributed by atoms with van der Waals surface area (Å²) in [6, 6.07) is 11.3. The fourth-order valence-corrected chi connectivity index (χ4v) is 2.48. The highest BCUT2D eigenvalue weighted by molar-refractivity contribution is 5.85. The van der Waals surface area contributed by atoms with Crippen LogP contribution in [0.3, 0.4) is 0 Å². The molecule has 6 heteroatoms. The number of amides is 2. The molecule has 0 fully saturated rings. The molecule has 2 N–H and O–H groups in total. The van der Waals surface area contributed by atoms with Gasteiger partial charge in [-0.1, -0.05) is 12.1 Å². The summed E-state index contributed by atoms with van der Waals surface area (Å²) in [4.78, 5) is 23.9. The number of nitrogens with one attached hydrogen (secondary N) is 2. The Morgan fingerprint density at radius 1 is 0.889 bits per heavy atom. The Bertz CT molecular complexity index is 813. The fourth-order valence-electron chi connectivity index (χ4n) is 2.48. The molecule has 27 heavy (non-hydrogen) atoms. The quantitative estimate of drug-likeness (QED) is 0.767. The number of benzene rings is 2. The highest BCUT2D eigenvalue weighted by Gasteiger charge is 2.16. The van der Waals surface area contributed by atoms with Crippen molar-refractivity contribution in [2.24, 2.45) is 0 Å². The molecule has 0 bridgehead atoms. The predicted molar refractivity (Wildman–Crippen MR) is 104 cm³/mol. The molecule has 0 saturated carbocycles. The molecule has 0 spiro atoms. The Labute approximate surface area is 159 Å². The van der Waals surface area contributed by atoms with Crippen LogP contribution in [0.15, 0.2) is 36.4 Å². The molecule has 6 nitrogen and oxygen atoms in total. The highest BCUT2D eigenvalue weighted by Crippen LogP contribution is 2.18. The van der Waals surface area contributed by atoms with Crippen molar-refractivity contribution in [2.45, 2.75) is 40.7 Å². The Morgan fingerprint density at radius 2 is 1.56 bits per heavy atom. The fraction of sp³-hybridized carbons (Fsp3) is 0.333. The van der Waals surface area contributed by atoms with Crippen molar-refractivity contribution < 1.29 is 19.1 Å². The van der Waals surface area contributed by atoms with Gasteiger partial charge in [0.05, 0.1) is 0 Å². The molecule has 0 aromatic heterocycles. The molecule has 0 radical (unpaired) electrons. The second kappa shape index (κ2) is 9.07. The van der Waals surface area contributed by atoms with Crippen LogP contribution in [0, 0.1) is 27.7 Å². The van der Waals surface area contributed by atoms with Crippen molar-refractivity contribution in [1.82, 2.24) is 10.9 Å². The first kappa shape index (κ1) is 20.3. The van der Waals surface area contributed by atoms with Gasteiger partial charge in [0.15, 0.2) is 12.7 Å². The number of ether oxygens (including phenoxy) is 2. The zero-order valence-corrected chi connectivity index (χ0v) is 16.4. The minimum Gasteiger partial charge on any atom is -0.484 e. The lowest BCUT2D eigenvalue weighted by atomic mass is 10.1. The summed E-state index contributed by atoms with van der Waals surface area (Å²) < 4.78 is 11.1. The molecule has 1 unspecified atom stereocenters. The maximum atomic E-state index is 12.1. The van der Waals surface area contributed by atoms with Gasteiger partial charge in [-0.3, -0.25) is 20.4 Å². The predicted octanol–water partition coefficient (Wildman–Crippen LogP) is 2.91. The van der Waals surface area contributed by atoms with Gasteiger partial charge >= 0.3 is 0 Å². The third kappa shape index (κ3) is 6.33. The molecule has 2 amide bonds. The van der Waals surface area contributed by atoms with E-state index in [4.69, 9.17) is 9.47 Å². The topological polar surface area (TPSA) is 76.7 Å². The van der Waals surface area contributed by atoms with Crippen molar-refractivity contribution in [2.75, 3.05) is 6.61 Å². The number of hydrazine groups is 1. The van der Waals surface area contributed by atoms with E-state index in [-0.39, 0.29) is 6.61 Å². The van der Waals surface area contributed by atoms with Gasteiger partial charge in [0.1, 0.15) is 11.5 Å². The van der Waals surface area contributed by atoms with Gasteiger partial charge < -0.3 is 9.47 Å². The van der Waals surface area contributed by atoms with E-state index < -0.39 is 17.9 Å². The van der Waals surface area contributed by atoms with Crippen LogP contribution >= 0.6 is 0 Å². The number of carbonyl (C=O) groups is 2. The molecular formula is C21H26N2O4. The summed E-state index contributed by atoms with van der Waals surface area (Å²) in [6.07, 6.45) is -0.757. The first-order valence-electron chi connectivity index (χ1n) is 8.78. The Balaban J connectivity index is 1.78. The van der Waals surface area contributed by atoms with E-state index in [0.717, 1.165) is 22.3 Å². The van der Waals surface area contributed by atoms with Crippen LogP contribution in [0.25, 0.3) is 0 Å². The molecule has 0 aliphatic rings. The Hall–Kier alpha value is -3.02. The molecule has 2 aromatic rings. The van der Waals surface area contributed by atoms with Gasteiger partial charge in [-0.25, -0.2) is 0 Å². The SMILES string of the molecule is Cc1cc(C)cc(OCC(=O)NNC(=O)C(C)Oc2ccc(C)c(C)c2)c1. The van der Waals surface area contributed by atoms with Gasteiger partial charge in [0.2, 0.25) is 0 Å². The van der Waals surface area contributed by atoms with Crippen molar-refractivity contribution in [3.63, 3.8) is 0 Å². The van der Waals surface area contributed by atoms with E-state index in [1.54, 1.807) is 6.92 Å². The van der Waals surface area contributed by atoms with Crippen molar-refractivity contribution >= 4 is 11.8 Å². The van der Waals surface area contributed by atoms with E-state index in [9.17, 15) is 9.59 Å². The molecule has 0 aliphatic heterocycles. The lowest BCUT2D eigenvalue weighted by molar-refractivity contribution is -0.133. The molecular weight excluding hydrogens is 344 g/mol. The van der Waals surface area contributed by atoms with E-state index in [2.05, 4.69) is 10.9 Å². The minimum absolute atomic E-state index is 0.199. The van der Waals surface area contributed by atoms with Gasteiger partial charge in [0, 0.05) is 0 Å². The van der Waals surface area contributed by atoms with E-state index in [1.165, 1.54) is 0 Å². The molecule has 144 valence electrons. The second-order valence-electron chi connectivity index (χ2n) is 6.66. The van der Waals surface area contributed by atoms with Crippen LogP contribution in [-0.2, 0) is 9.59 Å². The third-order valence-electron chi connectivity index (χ3n) is 4.05.